The highest BCUT2D eigenvalue weighted by Gasteiger charge is 2.37. The Balaban J connectivity index is 4.79. The minimum Gasteiger partial charge on any atom is -0.413 e. The molecule has 2 N–H and O–H groups in total. The van der Waals surface area contributed by atoms with Gasteiger partial charge in [-0.1, -0.05) is 69.3 Å². The SMILES string of the molecule is C=C(Br)C[C@H](O)[C@H](CO)C(C)(C)/C=C/CO[Si](C)(C)C(C)(C)C. The molecule has 0 aliphatic rings. The molecule has 0 unspecified atom stereocenters. The zero-order valence-corrected chi connectivity index (χ0v) is 18.4. The summed E-state index contributed by atoms with van der Waals surface area (Å²) in [6.45, 7) is 19.4. The zero-order chi connectivity index (χ0) is 18.5. The molecule has 0 aromatic rings. The van der Waals surface area contributed by atoms with Gasteiger partial charge in [0, 0.05) is 18.9 Å². The summed E-state index contributed by atoms with van der Waals surface area (Å²) in [6, 6.07) is 0. The van der Waals surface area contributed by atoms with Gasteiger partial charge in [0.1, 0.15) is 0 Å². The van der Waals surface area contributed by atoms with Gasteiger partial charge in [-0.3, -0.25) is 0 Å². The fourth-order valence-corrected chi connectivity index (χ4v) is 3.45. The summed E-state index contributed by atoms with van der Waals surface area (Å²) in [5, 5.41) is 20.2. The quantitative estimate of drug-likeness (QED) is 0.424. The molecule has 136 valence electrons. The van der Waals surface area contributed by atoms with Gasteiger partial charge in [0.15, 0.2) is 8.32 Å². The lowest BCUT2D eigenvalue weighted by Gasteiger charge is -2.36. The van der Waals surface area contributed by atoms with Gasteiger partial charge >= 0.3 is 0 Å². The Hall–Kier alpha value is 0.0569. The summed E-state index contributed by atoms with van der Waals surface area (Å²) in [6.07, 6.45) is 3.86. The zero-order valence-electron chi connectivity index (χ0n) is 15.8. The maximum atomic E-state index is 10.3. The van der Waals surface area contributed by atoms with Crippen molar-refractivity contribution in [3.8, 4) is 0 Å². The molecule has 0 rings (SSSR count). The summed E-state index contributed by atoms with van der Waals surface area (Å²) in [4.78, 5) is 0. The highest BCUT2D eigenvalue weighted by molar-refractivity contribution is 9.11. The van der Waals surface area contributed by atoms with Crippen LogP contribution in [0.3, 0.4) is 0 Å². The van der Waals surface area contributed by atoms with Crippen molar-refractivity contribution in [3.05, 3.63) is 23.2 Å². The first-order valence-electron chi connectivity index (χ1n) is 8.18. The van der Waals surface area contributed by atoms with E-state index in [4.69, 9.17) is 4.43 Å². The van der Waals surface area contributed by atoms with Gasteiger partial charge in [-0.15, -0.1) is 0 Å². The Morgan fingerprint density at radius 1 is 1.26 bits per heavy atom. The molecule has 0 aromatic carbocycles. The molecule has 0 saturated heterocycles. The van der Waals surface area contributed by atoms with E-state index in [0.29, 0.717) is 13.0 Å². The second-order valence-electron chi connectivity index (χ2n) is 8.37. The van der Waals surface area contributed by atoms with Crippen LogP contribution in [0, 0.1) is 11.3 Å². The molecule has 0 bridgehead atoms. The van der Waals surface area contributed by atoms with Gasteiger partial charge in [0.2, 0.25) is 0 Å². The van der Waals surface area contributed by atoms with Crippen LogP contribution >= 0.6 is 15.9 Å². The number of aliphatic hydroxyl groups excluding tert-OH is 2. The van der Waals surface area contributed by atoms with Gasteiger partial charge in [-0.2, -0.15) is 0 Å². The van der Waals surface area contributed by atoms with E-state index >= 15 is 0 Å². The van der Waals surface area contributed by atoms with Crippen LogP contribution in [-0.2, 0) is 4.43 Å². The predicted octanol–water partition coefficient (Wildman–Crippen LogP) is 4.86. The van der Waals surface area contributed by atoms with Crippen LogP contribution in [0.25, 0.3) is 0 Å². The lowest BCUT2D eigenvalue weighted by molar-refractivity contribution is 0.0184. The highest BCUT2D eigenvalue weighted by atomic mass is 79.9. The van der Waals surface area contributed by atoms with Crippen molar-refractivity contribution in [2.45, 2.75) is 65.3 Å². The normalized spacial score (nSPS) is 16.6. The monoisotopic (exact) mass is 406 g/mol. The third-order valence-electron chi connectivity index (χ3n) is 4.94. The Morgan fingerprint density at radius 3 is 2.17 bits per heavy atom. The van der Waals surface area contributed by atoms with Gasteiger partial charge < -0.3 is 14.6 Å². The molecule has 0 spiro atoms. The number of hydrogen-bond acceptors (Lipinski definition) is 3. The summed E-state index contributed by atoms with van der Waals surface area (Å²) in [7, 11) is -1.75. The number of allylic oxidation sites excluding steroid dienone is 1. The van der Waals surface area contributed by atoms with Crippen molar-refractivity contribution in [3.63, 3.8) is 0 Å². The van der Waals surface area contributed by atoms with Crippen LogP contribution in [0.4, 0.5) is 0 Å². The second kappa shape index (κ2) is 8.95. The van der Waals surface area contributed by atoms with Crippen molar-refractivity contribution in [1.82, 2.24) is 0 Å². The van der Waals surface area contributed by atoms with Crippen molar-refractivity contribution in [2.75, 3.05) is 13.2 Å². The topological polar surface area (TPSA) is 49.7 Å². The Morgan fingerprint density at radius 2 is 1.78 bits per heavy atom. The number of aliphatic hydroxyl groups is 2. The summed E-state index contributed by atoms with van der Waals surface area (Å²) < 4.78 is 6.87. The smallest absolute Gasteiger partial charge is 0.192 e. The van der Waals surface area contributed by atoms with Gasteiger partial charge in [0.25, 0.3) is 0 Å². The predicted molar refractivity (Wildman–Crippen MR) is 105 cm³/mol. The molecular formula is C18H35BrO3Si. The average Bonchev–Trinajstić information content (AvgIpc) is 2.32. The van der Waals surface area contributed by atoms with Crippen LogP contribution < -0.4 is 0 Å². The summed E-state index contributed by atoms with van der Waals surface area (Å²) in [5.41, 5.74) is -0.326. The molecular weight excluding hydrogens is 372 g/mol. The molecule has 0 radical (unpaired) electrons. The molecule has 5 heteroatoms. The lowest BCUT2D eigenvalue weighted by Crippen LogP contribution is -2.40. The van der Waals surface area contributed by atoms with E-state index in [1.54, 1.807) is 0 Å². The van der Waals surface area contributed by atoms with E-state index in [-0.39, 0.29) is 23.0 Å². The summed E-state index contributed by atoms with van der Waals surface area (Å²) >= 11 is 3.27. The fourth-order valence-electron chi connectivity index (χ4n) is 2.17. The average molecular weight is 407 g/mol. The van der Waals surface area contributed by atoms with Gasteiger partial charge in [0.05, 0.1) is 12.7 Å². The van der Waals surface area contributed by atoms with E-state index < -0.39 is 14.4 Å². The van der Waals surface area contributed by atoms with E-state index in [1.807, 2.05) is 26.0 Å². The van der Waals surface area contributed by atoms with Crippen LogP contribution in [0.1, 0.15) is 41.0 Å². The Labute approximate surface area is 152 Å². The van der Waals surface area contributed by atoms with Crippen LogP contribution in [-0.4, -0.2) is 37.8 Å². The highest BCUT2D eigenvalue weighted by Crippen LogP contribution is 2.37. The first kappa shape index (κ1) is 23.1. The van der Waals surface area contributed by atoms with Crippen molar-refractivity contribution >= 4 is 24.2 Å². The third kappa shape index (κ3) is 7.65. The molecule has 0 heterocycles. The van der Waals surface area contributed by atoms with E-state index in [0.717, 1.165) is 4.48 Å². The molecule has 0 fully saturated rings. The summed E-state index contributed by atoms with van der Waals surface area (Å²) in [5.74, 6) is -0.249. The maximum absolute atomic E-state index is 10.3. The first-order valence-corrected chi connectivity index (χ1v) is 11.9. The van der Waals surface area contributed by atoms with Crippen molar-refractivity contribution in [2.24, 2.45) is 11.3 Å². The molecule has 0 saturated carbocycles. The molecule has 0 aliphatic heterocycles. The minimum atomic E-state index is -1.75. The third-order valence-corrected chi connectivity index (χ3v) is 9.77. The van der Waals surface area contributed by atoms with E-state index in [9.17, 15) is 10.2 Å². The lowest BCUT2D eigenvalue weighted by atomic mass is 9.75. The van der Waals surface area contributed by atoms with Crippen molar-refractivity contribution < 1.29 is 14.6 Å². The standard InChI is InChI=1S/C18H35BrO3Si/c1-14(19)12-16(21)15(13-20)18(5,6)10-9-11-22-23(7,8)17(2,3)4/h9-10,15-16,20-21H,1,11-13H2,2-8H3/b10-9+/t15-,16-/m0/s1. The Bertz CT molecular complexity index is 411. The Kier molecular flexibility index (Phi) is 8.97. The van der Waals surface area contributed by atoms with Gasteiger partial charge in [-0.25, -0.2) is 0 Å². The molecule has 3 nitrogen and oxygen atoms in total. The first-order chi connectivity index (χ1) is 10.2. The molecule has 0 amide bonds. The van der Waals surface area contributed by atoms with E-state index in [2.05, 4.69) is 56.4 Å². The largest absolute Gasteiger partial charge is 0.413 e. The van der Waals surface area contributed by atoms with Crippen LogP contribution in [0.2, 0.25) is 18.1 Å². The number of hydrogen-bond donors (Lipinski definition) is 2. The second-order valence-corrected chi connectivity index (χ2v) is 14.3. The maximum Gasteiger partial charge on any atom is 0.192 e. The minimum absolute atomic E-state index is 0.0676. The molecule has 23 heavy (non-hydrogen) atoms. The van der Waals surface area contributed by atoms with E-state index in [1.165, 1.54) is 0 Å². The molecule has 0 aromatic heterocycles. The van der Waals surface area contributed by atoms with Crippen LogP contribution in [0.15, 0.2) is 23.2 Å². The fraction of sp³-hybridized carbons (Fsp3) is 0.778. The number of halogens is 1. The van der Waals surface area contributed by atoms with Crippen LogP contribution in [0.5, 0.6) is 0 Å². The van der Waals surface area contributed by atoms with Crippen molar-refractivity contribution in [1.29, 1.82) is 0 Å². The number of rotatable bonds is 9. The van der Waals surface area contributed by atoms with Gasteiger partial charge in [-0.05, 0) is 28.0 Å². The molecule has 2 atom stereocenters. The molecule has 0 aliphatic carbocycles.